The van der Waals surface area contributed by atoms with Crippen molar-refractivity contribution in [1.29, 1.82) is 0 Å². The minimum Gasteiger partial charge on any atom is -0.497 e. The number of hydrogen-bond acceptors (Lipinski definition) is 8. The molecule has 0 saturated carbocycles. The van der Waals surface area contributed by atoms with Crippen LogP contribution in [0.1, 0.15) is 22.7 Å². The number of anilines is 1. The van der Waals surface area contributed by atoms with E-state index in [1.807, 2.05) is 103 Å². The molecular formula is C31H34N4O4. The van der Waals surface area contributed by atoms with Crippen molar-refractivity contribution < 1.29 is 19.1 Å². The lowest BCUT2D eigenvalue weighted by Crippen LogP contribution is -2.66. The molecule has 0 amide bonds. The molecule has 8 nitrogen and oxygen atoms in total. The lowest BCUT2D eigenvalue weighted by atomic mass is 10.00. The van der Waals surface area contributed by atoms with Gasteiger partial charge in [-0.15, -0.1) is 5.48 Å². The van der Waals surface area contributed by atoms with Crippen molar-refractivity contribution in [2.45, 2.75) is 18.2 Å². The van der Waals surface area contributed by atoms with Crippen LogP contribution in [-0.2, 0) is 16.1 Å². The van der Waals surface area contributed by atoms with E-state index in [2.05, 4.69) is 16.1 Å². The van der Waals surface area contributed by atoms with Crippen LogP contribution in [0.15, 0.2) is 109 Å². The van der Waals surface area contributed by atoms with Gasteiger partial charge in [-0.05, 0) is 47.4 Å². The lowest BCUT2D eigenvalue weighted by molar-refractivity contribution is -0.159. The summed E-state index contributed by atoms with van der Waals surface area (Å²) in [6.07, 6.45) is 0.556. The van der Waals surface area contributed by atoms with Gasteiger partial charge in [0.2, 0.25) is 5.79 Å². The molecule has 202 valence electrons. The zero-order valence-electron chi connectivity index (χ0n) is 22.1. The van der Waals surface area contributed by atoms with Crippen LogP contribution in [0.4, 0.5) is 5.69 Å². The van der Waals surface area contributed by atoms with Crippen LogP contribution in [0.3, 0.4) is 0 Å². The number of rotatable bonds is 13. The van der Waals surface area contributed by atoms with Crippen LogP contribution in [0.25, 0.3) is 0 Å². The molecule has 0 saturated heterocycles. The third-order valence-corrected chi connectivity index (χ3v) is 6.20. The molecule has 0 fully saturated rings. The van der Waals surface area contributed by atoms with Crippen LogP contribution < -0.4 is 31.3 Å². The van der Waals surface area contributed by atoms with Gasteiger partial charge in [0.15, 0.2) is 0 Å². The molecule has 0 spiro atoms. The van der Waals surface area contributed by atoms with Gasteiger partial charge >= 0.3 is 5.97 Å². The van der Waals surface area contributed by atoms with Crippen molar-refractivity contribution >= 4 is 11.7 Å². The summed E-state index contributed by atoms with van der Waals surface area (Å²) in [5.74, 6) is -1.08. The maximum atomic E-state index is 13.5. The monoisotopic (exact) mass is 526 g/mol. The Morgan fingerprint density at radius 3 is 1.82 bits per heavy atom. The average molecular weight is 527 g/mol. The molecule has 39 heavy (non-hydrogen) atoms. The molecule has 4 aromatic carbocycles. The molecule has 0 bridgehead atoms. The number of para-hydroxylation sites is 1. The van der Waals surface area contributed by atoms with Crippen molar-refractivity contribution in [2.24, 2.45) is 5.73 Å². The molecule has 0 aromatic heterocycles. The summed E-state index contributed by atoms with van der Waals surface area (Å²) in [6, 6.07) is 34.0. The highest BCUT2D eigenvalue weighted by Crippen LogP contribution is 2.24. The van der Waals surface area contributed by atoms with Gasteiger partial charge in [0, 0.05) is 18.3 Å². The molecule has 4 rings (SSSR count). The van der Waals surface area contributed by atoms with E-state index in [0.29, 0.717) is 30.2 Å². The summed E-state index contributed by atoms with van der Waals surface area (Å²) < 4.78 is 10.7. The number of hydroxylamine groups is 1. The molecule has 0 heterocycles. The number of methoxy groups -OCH3 is 2. The third kappa shape index (κ3) is 7.58. The van der Waals surface area contributed by atoms with E-state index in [4.69, 9.17) is 20.0 Å². The molecule has 0 aliphatic heterocycles. The maximum Gasteiger partial charge on any atom is 0.381 e. The van der Waals surface area contributed by atoms with Crippen LogP contribution in [0.2, 0.25) is 0 Å². The van der Waals surface area contributed by atoms with Gasteiger partial charge in [-0.3, -0.25) is 11.1 Å². The lowest BCUT2D eigenvalue weighted by Gasteiger charge is -2.31. The van der Waals surface area contributed by atoms with Crippen molar-refractivity contribution in [2.75, 3.05) is 26.1 Å². The Balaban J connectivity index is 1.51. The molecule has 0 aliphatic carbocycles. The van der Waals surface area contributed by atoms with Crippen LogP contribution in [0.5, 0.6) is 11.5 Å². The number of ether oxygens (including phenoxy) is 2. The first-order valence-corrected chi connectivity index (χ1v) is 12.7. The molecule has 0 aliphatic rings. The minimum absolute atomic E-state index is 0.364. The van der Waals surface area contributed by atoms with Gasteiger partial charge in [-0.1, -0.05) is 78.9 Å². The molecule has 8 heteroatoms. The Hall–Kier alpha value is -4.37. The fraction of sp³-hybridized carbons (Fsp3) is 0.194. The normalized spacial score (nSPS) is 12.4. The Labute approximate surface area is 229 Å². The van der Waals surface area contributed by atoms with Crippen molar-refractivity contribution in [3.63, 3.8) is 0 Å². The molecule has 1 unspecified atom stereocenters. The number of carbonyl (C=O) groups excluding carboxylic acids is 1. The van der Waals surface area contributed by atoms with Gasteiger partial charge in [0.1, 0.15) is 11.5 Å². The first-order chi connectivity index (χ1) is 19.0. The standard InChI is InChI=1S/C31H34N4O4/c1-37-27-20-23(21-28(22-27)38-2)18-19-33-31(32,34-26-16-10-5-11-17-26)30(36)39-35-29(24-12-6-3-7-13-24)25-14-8-4-9-15-25/h3-17,20-22,29,33-35H,18-19,32H2,1-2H3. The quantitative estimate of drug-likeness (QED) is 0.150. The zero-order valence-corrected chi connectivity index (χ0v) is 22.1. The van der Waals surface area contributed by atoms with E-state index in [9.17, 15) is 4.79 Å². The zero-order chi connectivity index (χ0) is 27.5. The summed E-state index contributed by atoms with van der Waals surface area (Å²) in [5.41, 5.74) is 13.1. The van der Waals surface area contributed by atoms with Crippen LogP contribution in [0, 0.1) is 0 Å². The van der Waals surface area contributed by atoms with Crippen molar-refractivity contribution in [3.05, 3.63) is 126 Å². The minimum atomic E-state index is -1.73. The van der Waals surface area contributed by atoms with E-state index in [0.717, 1.165) is 16.7 Å². The fourth-order valence-electron chi connectivity index (χ4n) is 4.14. The number of nitrogens with two attached hydrogens (primary N) is 1. The Morgan fingerprint density at radius 1 is 0.795 bits per heavy atom. The summed E-state index contributed by atoms with van der Waals surface area (Å²) in [4.78, 5) is 19.2. The van der Waals surface area contributed by atoms with Crippen molar-refractivity contribution in [1.82, 2.24) is 10.8 Å². The number of nitrogens with one attached hydrogen (secondary N) is 3. The van der Waals surface area contributed by atoms with E-state index in [-0.39, 0.29) is 6.04 Å². The summed E-state index contributed by atoms with van der Waals surface area (Å²) >= 11 is 0. The predicted octanol–water partition coefficient (Wildman–Crippen LogP) is 4.40. The van der Waals surface area contributed by atoms with Crippen molar-refractivity contribution in [3.8, 4) is 11.5 Å². The van der Waals surface area contributed by atoms with E-state index in [1.54, 1.807) is 20.3 Å². The smallest absolute Gasteiger partial charge is 0.381 e. The Kier molecular flexibility index (Phi) is 9.53. The molecular weight excluding hydrogens is 492 g/mol. The fourth-order valence-corrected chi connectivity index (χ4v) is 4.14. The van der Waals surface area contributed by atoms with Crippen LogP contribution in [-0.4, -0.2) is 32.5 Å². The molecule has 4 aromatic rings. The average Bonchev–Trinajstić information content (AvgIpc) is 2.98. The van der Waals surface area contributed by atoms with Gasteiger partial charge in [-0.2, -0.15) is 0 Å². The Bertz CT molecular complexity index is 1260. The van der Waals surface area contributed by atoms with E-state index in [1.165, 1.54) is 0 Å². The van der Waals surface area contributed by atoms with E-state index >= 15 is 0 Å². The second-order valence-corrected chi connectivity index (χ2v) is 8.96. The van der Waals surface area contributed by atoms with Gasteiger partial charge in [0.25, 0.3) is 0 Å². The van der Waals surface area contributed by atoms with Crippen LogP contribution >= 0.6 is 0 Å². The predicted molar refractivity (Wildman–Crippen MR) is 152 cm³/mol. The summed E-state index contributed by atoms with van der Waals surface area (Å²) in [6.45, 7) is 0.364. The highest BCUT2D eigenvalue weighted by Gasteiger charge is 2.36. The van der Waals surface area contributed by atoms with Gasteiger partial charge in [-0.25, -0.2) is 4.79 Å². The summed E-state index contributed by atoms with van der Waals surface area (Å²) in [5, 5.41) is 6.23. The molecule has 0 radical (unpaired) electrons. The SMILES string of the molecule is COc1cc(CCNC(N)(Nc2ccccc2)C(=O)ONC(c2ccccc2)c2ccccc2)cc(OC)c1. The van der Waals surface area contributed by atoms with Gasteiger partial charge < -0.3 is 19.6 Å². The molecule has 5 N–H and O–H groups in total. The number of benzene rings is 4. The second kappa shape index (κ2) is 13.4. The van der Waals surface area contributed by atoms with Gasteiger partial charge in [0.05, 0.1) is 20.3 Å². The third-order valence-electron chi connectivity index (χ3n) is 6.20. The Morgan fingerprint density at radius 2 is 1.31 bits per heavy atom. The number of hydrogen-bond donors (Lipinski definition) is 4. The largest absolute Gasteiger partial charge is 0.497 e. The highest BCUT2D eigenvalue weighted by atomic mass is 16.7. The highest BCUT2D eigenvalue weighted by molar-refractivity contribution is 5.83. The first kappa shape index (κ1) is 27.7. The molecule has 1 atom stereocenters. The number of carbonyl (C=O) groups is 1. The topological polar surface area (TPSA) is 107 Å². The maximum absolute atomic E-state index is 13.5. The van der Waals surface area contributed by atoms with E-state index < -0.39 is 11.8 Å². The summed E-state index contributed by atoms with van der Waals surface area (Å²) in [7, 11) is 3.21. The second-order valence-electron chi connectivity index (χ2n) is 8.96. The first-order valence-electron chi connectivity index (χ1n) is 12.7.